The van der Waals surface area contributed by atoms with E-state index in [0.29, 0.717) is 0 Å². The van der Waals surface area contributed by atoms with Crippen molar-refractivity contribution in [3.8, 4) is 11.5 Å². The molecule has 12 heteroatoms. The maximum absolute atomic E-state index is 12.6. The van der Waals surface area contributed by atoms with Crippen LogP contribution in [-0.2, 0) is 14.3 Å². The zero-order valence-electron chi connectivity index (χ0n) is 16.2. The third-order valence-corrected chi connectivity index (χ3v) is 4.29. The normalized spacial score (nSPS) is 17.5. The summed E-state index contributed by atoms with van der Waals surface area (Å²) < 4.78 is 20.8. The fourth-order valence-corrected chi connectivity index (χ4v) is 3.00. The minimum atomic E-state index is -1.03. The minimum absolute atomic E-state index is 0.0262. The first-order valence-corrected chi connectivity index (χ1v) is 9.04. The van der Waals surface area contributed by atoms with Gasteiger partial charge < -0.3 is 29.6 Å². The number of benzene rings is 1. The molecule has 1 atom stereocenters. The summed E-state index contributed by atoms with van der Waals surface area (Å²) in [6.07, 6.45) is 0. The number of ether oxygens (including phenoxy) is 4. The lowest BCUT2D eigenvalue weighted by Crippen LogP contribution is -2.50. The molecule has 0 radical (unpaired) electrons. The molecule has 3 rings (SSSR count). The maximum Gasteiger partial charge on any atom is 0.345 e. The Balaban J connectivity index is 1.86. The second-order valence-electron chi connectivity index (χ2n) is 6.28. The van der Waals surface area contributed by atoms with Crippen LogP contribution in [0.2, 0.25) is 0 Å². The molecule has 1 unspecified atom stereocenters. The number of rotatable bonds is 6. The third-order valence-electron chi connectivity index (χ3n) is 4.29. The van der Waals surface area contributed by atoms with Crippen LogP contribution in [0, 0.1) is 10.1 Å². The molecule has 2 heterocycles. The Labute approximate surface area is 170 Å². The van der Waals surface area contributed by atoms with Gasteiger partial charge in [0.2, 0.25) is 0 Å². The largest absolute Gasteiger partial charge is 0.486 e. The molecule has 1 aromatic carbocycles. The molecule has 0 bridgehead atoms. The molecule has 160 valence electrons. The van der Waals surface area contributed by atoms with Gasteiger partial charge in [0, 0.05) is 6.07 Å². The molecule has 12 nitrogen and oxygen atoms in total. The van der Waals surface area contributed by atoms with Crippen molar-refractivity contribution in [3.63, 3.8) is 0 Å². The average molecular weight is 421 g/mol. The van der Waals surface area contributed by atoms with Crippen molar-refractivity contribution in [2.75, 3.05) is 26.4 Å². The van der Waals surface area contributed by atoms with E-state index in [0.717, 1.165) is 6.07 Å². The number of carbonyl (C=O) groups is 3. The van der Waals surface area contributed by atoms with Gasteiger partial charge in [-0.25, -0.2) is 14.4 Å². The molecule has 2 amide bonds. The van der Waals surface area contributed by atoms with Crippen molar-refractivity contribution in [2.45, 2.75) is 19.9 Å². The Morgan fingerprint density at radius 2 is 1.87 bits per heavy atom. The Kier molecular flexibility index (Phi) is 6.04. The summed E-state index contributed by atoms with van der Waals surface area (Å²) in [5.41, 5.74) is -0.762. The SMILES string of the molecule is CCOC(=O)C1=C(COC(=O)c2cc3c(cc2[N+](=O)[O-])OCCO3)NC(=O)NC1C. The van der Waals surface area contributed by atoms with Crippen molar-refractivity contribution in [1.29, 1.82) is 0 Å². The van der Waals surface area contributed by atoms with E-state index in [1.54, 1.807) is 13.8 Å². The van der Waals surface area contributed by atoms with E-state index < -0.39 is 41.2 Å². The van der Waals surface area contributed by atoms with Crippen LogP contribution in [0.1, 0.15) is 24.2 Å². The Bertz CT molecular complexity index is 941. The van der Waals surface area contributed by atoms with Gasteiger partial charge in [-0.2, -0.15) is 0 Å². The molecule has 0 fully saturated rings. The highest BCUT2D eigenvalue weighted by Gasteiger charge is 2.32. The molecule has 1 aromatic rings. The molecule has 0 aromatic heterocycles. The van der Waals surface area contributed by atoms with Crippen LogP contribution in [0.4, 0.5) is 10.5 Å². The van der Waals surface area contributed by atoms with E-state index in [1.807, 2.05) is 0 Å². The summed E-state index contributed by atoms with van der Waals surface area (Å²) in [7, 11) is 0. The quantitative estimate of drug-likeness (QED) is 0.389. The lowest BCUT2D eigenvalue weighted by molar-refractivity contribution is -0.385. The summed E-state index contributed by atoms with van der Waals surface area (Å²) in [6, 6.07) is 0.976. The van der Waals surface area contributed by atoms with Crippen LogP contribution < -0.4 is 20.1 Å². The number of urea groups is 1. The van der Waals surface area contributed by atoms with Gasteiger partial charge in [0.05, 0.1) is 34.9 Å². The first-order valence-electron chi connectivity index (χ1n) is 9.04. The molecule has 0 saturated carbocycles. The van der Waals surface area contributed by atoms with Crippen molar-refractivity contribution < 1.29 is 38.3 Å². The van der Waals surface area contributed by atoms with Crippen LogP contribution in [0.25, 0.3) is 0 Å². The number of hydrogen-bond donors (Lipinski definition) is 2. The van der Waals surface area contributed by atoms with E-state index in [-0.39, 0.29) is 48.2 Å². The van der Waals surface area contributed by atoms with Gasteiger partial charge in [-0.1, -0.05) is 0 Å². The lowest BCUT2D eigenvalue weighted by Gasteiger charge is -2.26. The fraction of sp³-hybridized carbons (Fsp3) is 0.389. The fourth-order valence-electron chi connectivity index (χ4n) is 3.00. The van der Waals surface area contributed by atoms with Crippen molar-refractivity contribution >= 4 is 23.7 Å². The number of nitro benzene ring substituents is 1. The first-order chi connectivity index (χ1) is 14.3. The van der Waals surface area contributed by atoms with E-state index in [1.165, 1.54) is 6.07 Å². The van der Waals surface area contributed by atoms with Gasteiger partial charge in [-0.05, 0) is 13.8 Å². The number of carbonyl (C=O) groups excluding carboxylic acids is 3. The van der Waals surface area contributed by atoms with Gasteiger partial charge in [-0.15, -0.1) is 0 Å². The van der Waals surface area contributed by atoms with Gasteiger partial charge in [0.1, 0.15) is 25.4 Å². The summed E-state index contributed by atoms with van der Waals surface area (Å²) in [5, 5.41) is 16.3. The van der Waals surface area contributed by atoms with Crippen molar-refractivity contribution in [3.05, 3.63) is 39.1 Å². The summed E-state index contributed by atoms with van der Waals surface area (Å²) in [5.74, 6) is -1.39. The Hall–Kier alpha value is -3.83. The molecule has 2 N–H and O–H groups in total. The van der Waals surface area contributed by atoms with Gasteiger partial charge in [0.25, 0.3) is 5.69 Å². The molecule has 2 aliphatic heterocycles. The number of hydrogen-bond acceptors (Lipinski definition) is 9. The number of nitrogens with one attached hydrogen (secondary N) is 2. The van der Waals surface area contributed by atoms with Crippen LogP contribution in [-0.4, -0.2) is 55.4 Å². The predicted molar refractivity (Wildman–Crippen MR) is 99.2 cm³/mol. The lowest BCUT2D eigenvalue weighted by atomic mass is 10.0. The summed E-state index contributed by atoms with van der Waals surface area (Å²) in [6.45, 7) is 3.25. The number of nitro groups is 1. The van der Waals surface area contributed by atoms with Crippen LogP contribution in [0.5, 0.6) is 11.5 Å². The van der Waals surface area contributed by atoms with E-state index in [9.17, 15) is 24.5 Å². The highest BCUT2D eigenvalue weighted by molar-refractivity contribution is 5.96. The molecule has 2 aliphatic rings. The first kappa shape index (κ1) is 20.9. The average Bonchev–Trinajstić information content (AvgIpc) is 2.70. The maximum atomic E-state index is 12.6. The smallest absolute Gasteiger partial charge is 0.345 e. The molecule has 0 saturated heterocycles. The molecule has 0 aliphatic carbocycles. The Morgan fingerprint density at radius 3 is 2.50 bits per heavy atom. The third kappa shape index (κ3) is 4.26. The summed E-state index contributed by atoms with van der Waals surface area (Å²) in [4.78, 5) is 47.2. The Morgan fingerprint density at radius 1 is 1.20 bits per heavy atom. The molecule has 30 heavy (non-hydrogen) atoms. The molecule has 0 spiro atoms. The number of esters is 2. The van der Waals surface area contributed by atoms with Gasteiger partial charge in [0.15, 0.2) is 11.5 Å². The van der Waals surface area contributed by atoms with Crippen molar-refractivity contribution in [2.24, 2.45) is 0 Å². The number of nitrogens with zero attached hydrogens (tertiary/aromatic N) is 1. The number of amides is 2. The highest BCUT2D eigenvalue weighted by Crippen LogP contribution is 2.37. The van der Waals surface area contributed by atoms with Gasteiger partial charge in [-0.3, -0.25) is 10.1 Å². The number of fused-ring (bicyclic) bond motifs is 1. The topological polar surface area (TPSA) is 155 Å². The monoisotopic (exact) mass is 421 g/mol. The summed E-state index contributed by atoms with van der Waals surface area (Å²) >= 11 is 0. The molecular weight excluding hydrogens is 402 g/mol. The van der Waals surface area contributed by atoms with Crippen molar-refractivity contribution in [1.82, 2.24) is 10.6 Å². The van der Waals surface area contributed by atoms with E-state index in [4.69, 9.17) is 18.9 Å². The second kappa shape index (κ2) is 8.68. The second-order valence-corrected chi connectivity index (χ2v) is 6.28. The van der Waals surface area contributed by atoms with Gasteiger partial charge >= 0.3 is 18.0 Å². The van der Waals surface area contributed by atoms with Crippen LogP contribution in [0.3, 0.4) is 0 Å². The predicted octanol–water partition coefficient (Wildman–Crippen LogP) is 1.04. The highest BCUT2D eigenvalue weighted by atomic mass is 16.6. The molecular formula is C18H19N3O9. The zero-order chi connectivity index (χ0) is 21.8. The van der Waals surface area contributed by atoms with Crippen LogP contribution in [0.15, 0.2) is 23.4 Å². The minimum Gasteiger partial charge on any atom is -0.486 e. The van der Waals surface area contributed by atoms with E-state index >= 15 is 0 Å². The zero-order valence-corrected chi connectivity index (χ0v) is 16.2. The standard InChI is InChI=1S/C18H19N3O9/c1-3-27-17(23)15-9(2)19-18(24)20-11(15)8-30-16(22)10-6-13-14(29-5-4-28-13)7-12(10)21(25)26/h6-7,9H,3-5,8H2,1-2H3,(H2,19,20,24). The van der Waals surface area contributed by atoms with E-state index in [2.05, 4.69) is 10.6 Å². The van der Waals surface area contributed by atoms with Crippen LogP contribution >= 0.6 is 0 Å².